The lowest BCUT2D eigenvalue weighted by Crippen LogP contribution is -2.42. The first-order valence-electron chi connectivity index (χ1n) is 8.34. The number of anilines is 2. The molecule has 2 heterocycles. The van der Waals surface area contributed by atoms with Crippen LogP contribution in [0.5, 0.6) is 0 Å². The van der Waals surface area contributed by atoms with Gasteiger partial charge in [-0.2, -0.15) is 13.2 Å². The number of alkyl halides is 3. The first-order chi connectivity index (χ1) is 12.4. The Morgan fingerprint density at radius 1 is 1.15 bits per heavy atom. The van der Waals surface area contributed by atoms with Gasteiger partial charge in [-0.25, -0.2) is 4.98 Å². The number of rotatable bonds is 4. The van der Waals surface area contributed by atoms with Crippen LogP contribution in [0.25, 0.3) is 0 Å². The van der Waals surface area contributed by atoms with Crippen LogP contribution in [0.2, 0.25) is 0 Å². The Morgan fingerprint density at radius 3 is 2.59 bits per heavy atom. The van der Waals surface area contributed by atoms with Gasteiger partial charge < -0.3 is 16.0 Å². The third-order valence-corrected chi connectivity index (χ3v) is 4.18. The van der Waals surface area contributed by atoms with Gasteiger partial charge in [0.2, 0.25) is 0 Å². The van der Waals surface area contributed by atoms with Crippen LogP contribution in [0.15, 0.2) is 42.6 Å². The summed E-state index contributed by atoms with van der Waals surface area (Å²) >= 11 is 0. The Kier molecular flexibility index (Phi) is 7.04. The number of carbonyl (C=O) groups is 1. The van der Waals surface area contributed by atoms with Gasteiger partial charge in [0.25, 0.3) is 5.91 Å². The summed E-state index contributed by atoms with van der Waals surface area (Å²) in [5, 5.41) is 9.00. The largest absolute Gasteiger partial charge is 0.416 e. The van der Waals surface area contributed by atoms with Gasteiger partial charge >= 0.3 is 6.18 Å². The van der Waals surface area contributed by atoms with E-state index in [0.29, 0.717) is 5.56 Å². The zero-order chi connectivity index (χ0) is 18.6. The molecule has 0 radical (unpaired) electrons. The smallest absolute Gasteiger partial charge is 0.349 e. The van der Waals surface area contributed by atoms with Crippen molar-refractivity contribution in [3.63, 3.8) is 0 Å². The molecule has 0 spiro atoms. The molecule has 3 N–H and O–H groups in total. The number of carbonyl (C=O) groups excluding carboxylic acids is 1. The maximum absolute atomic E-state index is 12.9. The maximum atomic E-state index is 12.9. The number of halogens is 4. The Morgan fingerprint density at radius 2 is 1.89 bits per heavy atom. The van der Waals surface area contributed by atoms with E-state index in [0.717, 1.165) is 38.1 Å². The molecular weight excluding hydrogens is 381 g/mol. The minimum absolute atomic E-state index is 0. The normalized spacial score (nSPS) is 14.9. The van der Waals surface area contributed by atoms with E-state index in [9.17, 15) is 18.0 Å². The number of piperidine rings is 1. The SMILES string of the molecule is Cl.O=C(NC1CCNCC1)c1cccnc1Nc1cccc(C(F)(F)F)c1. The highest BCUT2D eigenvalue weighted by Crippen LogP contribution is 2.31. The highest BCUT2D eigenvalue weighted by atomic mass is 35.5. The first-order valence-corrected chi connectivity index (χ1v) is 8.34. The number of hydrogen-bond acceptors (Lipinski definition) is 4. The minimum Gasteiger partial charge on any atom is -0.349 e. The van der Waals surface area contributed by atoms with Crippen molar-refractivity contribution in [1.29, 1.82) is 0 Å². The van der Waals surface area contributed by atoms with Crippen molar-refractivity contribution >= 4 is 29.8 Å². The second kappa shape index (κ2) is 9.05. The van der Waals surface area contributed by atoms with Crippen molar-refractivity contribution in [1.82, 2.24) is 15.6 Å². The molecule has 27 heavy (non-hydrogen) atoms. The number of nitrogens with one attached hydrogen (secondary N) is 3. The van der Waals surface area contributed by atoms with Gasteiger partial charge in [0.05, 0.1) is 11.1 Å². The molecule has 0 aliphatic carbocycles. The van der Waals surface area contributed by atoms with Crippen LogP contribution >= 0.6 is 12.4 Å². The summed E-state index contributed by atoms with van der Waals surface area (Å²) in [6.45, 7) is 1.68. The zero-order valence-electron chi connectivity index (χ0n) is 14.3. The molecule has 0 atom stereocenters. The van der Waals surface area contributed by atoms with Crippen LogP contribution in [0.3, 0.4) is 0 Å². The monoisotopic (exact) mass is 400 g/mol. The van der Waals surface area contributed by atoms with E-state index in [-0.39, 0.29) is 35.9 Å². The number of aromatic nitrogens is 1. The minimum atomic E-state index is -4.43. The Hall–Kier alpha value is -2.32. The lowest BCUT2D eigenvalue weighted by Gasteiger charge is -2.24. The van der Waals surface area contributed by atoms with Gasteiger partial charge in [0, 0.05) is 17.9 Å². The molecule has 9 heteroatoms. The third kappa shape index (κ3) is 5.58. The Bertz CT molecular complexity index is 779. The molecule has 0 saturated carbocycles. The second-order valence-electron chi connectivity index (χ2n) is 6.10. The first kappa shape index (κ1) is 21.0. The van der Waals surface area contributed by atoms with Crippen LogP contribution < -0.4 is 16.0 Å². The van der Waals surface area contributed by atoms with E-state index in [1.807, 2.05) is 0 Å². The number of pyridine rings is 1. The van der Waals surface area contributed by atoms with Crippen molar-refractivity contribution < 1.29 is 18.0 Å². The molecule has 1 amide bonds. The fraction of sp³-hybridized carbons (Fsp3) is 0.333. The average Bonchev–Trinajstić information content (AvgIpc) is 2.62. The second-order valence-corrected chi connectivity index (χ2v) is 6.10. The van der Waals surface area contributed by atoms with Crippen molar-refractivity contribution in [2.75, 3.05) is 18.4 Å². The molecule has 2 aromatic rings. The quantitative estimate of drug-likeness (QED) is 0.731. The lowest BCUT2D eigenvalue weighted by molar-refractivity contribution is -0.137. The molecule has 1 fully saturated rings. The molecule has 1 saturated heterocycles. The summed E-state index contributed by atoms with van der Waals surface area (Å²) in [7, 11) is 0. The van der Waals surface area contributed by atoms with E-state index >= 15 is 0 Å². The summed E-state index contributed by atoms with van der Waals surface area (Å²) in [6, 6.07) is 8.08. The fourth-order valence-electron chi connectivity index (χ4n) is 2.83. The van der Waals surface area contributed by atoms with Crippen LogP contribution in [-0.2, 0) is 6.18 Å². The van der Waals surface area contributed by atoms with Gasteiger partial charge in [-0.1, -0.05) is 6.07 Å². The van der Waals surface area contributed by atoms with Gasteiger partial charge in [0.1, 0.15) is 5.82 Å². The van der Waals surface area contributed by atoms with Gasteiger partial charge in [-0.15, -0.1) is 12.4 Å². The van der Waals surface area contributed by atoms with Crippen molar-refractivity contribution in [3.8, 4) is 0 Å². The number of hydrogen-bond donors (Lipinski definition) is 3. The van der Waals surface area contributed by atoms with Crippen LogP contribution in [0.4, 0.5) is 24.7 Å². The highest BCUT2D eigenvalue weighted by Gasteiger charge is 2.30. The number of benzene rings is 1. The van der Waals surface area contributed by atoms with Crippen molar-refractivity contribution in [2.45, 2.75) is 25.1 Å². The molecule has 0 bridgehead atoms. The van der Waals surface area contributed by atoms with E-state index in [1.165, 1.54) is 18.3 Å². The number of nitrogens with zero attached hydrogens (tertiary/aromatic N) is 1. The predicted molar refractivity (Wildman–Crippen MR) is 99.6 cm³/mol. The molecule has 1 aromatic heterocycles. The topological polar surface area (TPSA) is 66.0 Å². The highest BCUT2D eigenvalue weighted by molar-refractivity contribution is 5.99. The molecule has 0 unspecified atom stereocenters. The summed E-state index contributed by atoms with van der Waals surface area (Å²) in [4.78, 5) is 16.7. The standard InChI is InChI=1S/C18H19F3N4O.ClH/c19-18(20,21)12-3-1-4-14(11-12)24-16-15(5-2-8-23-16)17(26)25-13-6-9-22-10-7-13;/h1-5,8,11,13,22H,6-7,9-10H2,(H,23,24)(H,25,26);1H. The fourth-order valence-corrected chi connectivity index (χ4v) is 2.83. The molecule has 1 aliphatic heterocycles. The van der Waals surface area contributed by atoms with Crippen LogP contribution in [0.1, 0.15) is 28.8 Å². The molecular formula is C18H20ClF3N4O. The van der Waals surface area contributed by atoms with E-state index in [1.54, 1.807) is 12.1 Å². The zero-order valence-corrected chi connectivity index (χ0v) is 15.2. The van der Waals surface area contributed by atoms with Gasteiger partial charge in [-0.05, 0) is 56.3 Å². The molecule has 1 aromatic carbocycles. The summed E-state index contributed by atoms with van der Waals surface area (Å²) in [5.74, 6) is -0.0715. The van der Waals surface area contributed by atoms with E-state index in [4.69, 9.17) is 0 Å². The van der Waals surface area contributed by atoms with Crippen molar-refractivity contribution in [2.24, 2.45) is 0 Å². The Labute approximate surface area is 161 Å². The summed E-state index contributed by atoms with van der Waals surface area (Å²) < 4.78 is 38.6. The van der Waals surface area contributed by atoms with E-state index in [2.05, 4.69) is 20.9 Å². The molecule has 3 rings (SSSR count). The third-order valence-electron chi connectivity index (χ3n) is 4.18. The van der Waals surface area contributed by atoms with Crippen LogP contribution in [-0.4, -0.2) is 30.0 Å². The van der Waals surface area contributed by atoms with Crippen LogP contribution in [0, 0.1) is 0 Å². The average molecular weight is 401 g/mol. The number of amides is 1. The predicted octanol–water partition coefficient (Wildman–Crippen LogP) is 3.75. The van der Waals surface area contributed by atoms with Gasteiger partial charge in [-0.3, -0.25) is 4.79 Å². The molecule has 1 aliphatic rings. The maximum Gasteiger partial charge on any atom is 0.416 e. The van der Waals surface area contributed by atoms with Crippen molar-refractivity contribution in [3.05, 3.63) is 53.7 Å². The summed E-state index contributed by atoms with van der Waals surface area (Å²) in [5.41, 5.74) is -0.253. The Balaban J connectivity index is 0.00000261. The lowest BCUT2D eigenvalue weighted by atomic mass is 10.1. The van der Waals surface area contributed by atoms with Gasteiger partial charge in [0.15, 0.2) is 0 Å². The molecule has 146 valence electrons. The molecule has 5 nitrogen and oxygen atoms in total. The van der Waals surface area contributed by atoms with E-state index < -0.39 is 11.7 Å². The summed E-state index contributed by atoms with van der Waals surface area (Å²) in [6.07, 6.45) is -1.28.